The smallest absolute Gasteiger partial charge is 0.300 e. The van der Waals surface area contributed by atoms with Crippen LogP contribution in [0.1, 0.15) is 16.8 Å². The fraction of sp³-hybridized carbons (Fsp3) is 0.316. The summed E-state index contributed by atoms with van der Waals surface area (Å²) >= 11 is 0. The third kappa shape index (κ3) is 3.20. The summed E-state index contributed by atoms with van der Waals surface area (Å²) in [5.41, 5.74) is 1.96. The van der Waals surface area contributed by atoms with Crippen LogP contribution in [0.25, 0.3) is 11.2 Å². The van der Waals surface area contributed by atoms with Crippen molar-refractivity contribution in [3.05, 3.63) is 48.2 Å². The molecule has 1 aliphatic rings. The summed E-state index contributed by atoms with van der Waals surface area (Å²) in [4.78, 5) is 25.4. The Hall–Kier alpha value is -3.09. The highest BCUT2D eigenvalue weighted by atomic mass is 16.5. The van der Waals surface area contributed by atoms with Crippen LogP contribution >= 0.6 is 0 Å². The predicted molar refractivity (Wildman–Crippen MR) is 97.5 cm³/mol. The highest BCUT2D eigenvalue weighted by molar-refractivity contribution is 5.94. The number of fused-ring (bicyclic) bond motifs is 1. The zero-order valence-corrected chi connectivity index (χ0v) is 14.6. The van der Waals surface area contributed by atoms with Crippen LogP contribution in [-0.4, -0.2) is 54.1 Å². The van der Waals surface area contributed by atoms with Gasteiger partial charge in [0.15, 0.2) is 5.58 Å². The minimum atomic E-state index is 0.0359. The van der Waals surface area contributed by atoms with Crippen LogP contribution in [0, 0.1) is 0 Å². The van der Waals surface area contributed by atoms with E-state index in [0.29, 0.717) is 42.4 Å². The summed E-state index contributed by atoms with van der Waals surface area (Å²) in [6, 6.07) is 11.5. The maximum absolute atomic E-state index is 12.8. The van der Waals surface area contributed by atoms with E-state index < -0.39 is 0 Å². The number of hydrogen-bond acceptors (Lipinski definition) is 6. The number of anilines is 1. The van der Waals surface area contributed by atoms with Crippen molar-refractivity contribution in [3.63, 3.8) is 0 Å². The molecule has 0 spiro atoms. The SMILES string of the molecule is COc1ccc(C(=O)N2CCCN(c3nc4ncccc4o3)CC2)cc1. The van der Waals surface area contributed by atoms with Gasteiger partial charge >= 0.3 is 0 Å². The van der Waals surface area contributed by atoms with Gasteiger partial charge in [-0.1, -0.05) is 0 Å². The molecular weight excluding hydrogens is 332 g/mol. The second-order valence-electron chi connectivity index (χ2n) is 6.18. The number of methoxy groups -OCH3 is 1. The molecule has 1 aliphatic heterocycles. The molecule has 4 rings (SSSR count). The van der Waals surface area contributed by atoms with Gasteiger partial charge in [0.2, 0.25) is 5.65 Å². The number of ether oxygens (including phenoxy) is 1. The molecule has 1 amide bonds. The van der Waals surface area contributed by atoms with Crippen LogP contribution in [-0.2, 0) is 0 Å². The number of carbonyl (C=O) groups excluding carboxylic acids is 1. The maximum Gasteiger partial charge on any atom is 0.300 e. The molecule has 0 saturated carbocycles. The van der Waals surface area contributed by atoms with Gasteiger partial charge in [-0.05, 0) is 42.8 Å². The Morgan fingerprint density at radius 2 is 1.96 bits per heavy atom. The number of carbonyl (C=O) groups is 1. The fourth-order valence-electron chi connectivity index (χ4n) is 3.12. The lowest BCUT2D eigenvalue weighted by atomic mass is 10.2. The molecule has 3 aromatic rings. The monoisotopic (exact) mass is 352 g/mol. The van der Waals surface area contributed by atoms with Gasteiger partial charge in [0.1, 0.15) is 5.75 Å². The van der Waals surface area contributed by atoms with Gasteiger partial charge in [0, 0.05) is 37.9 Å². The topological polar surface area (TPSA) is 71.7 Å². The molecule has 0 aliphatic carbocycles. The summed E-state index contributed by atoms with van der Waals surface area (Å²) in [5.74, 6) is 0.780. The van der Waals surface area contributed by atoms with Crippen LogP contribution in [0.15, 0.2) is 47.0 Å². The summed E-state index contributed by atoms with van der Waals surface area (Å²) in [6.45, 7) is 2.80. The molecule has 0 radical (unpaired) electrons. The summed E-state index contributed by atoms with van der Waals surface area (Å²) < 4.78 is 11.0. The highest BCUT2D eigenvalue weighted by Gasteiger charge is 2.23. The second kappa shape index (κ2) is 7.03. The van der Waals surface area contributed by atoms with Crippen molar-refractivity contribution in [1.29, 1.82) is 0 Å². The van der Waals surface area contributed by atoms with E-state index in [-0.39, 0.29) is 5.91 Å². The Morgan fingerprint density at radius 3 is 2.73 bits per heavy atom. The average molecular weight is 352 g/mol. The van der Waals surface area contributed by atoms with Crippen molar-refractivity contribution >= 4 is 23.2 Å². The van der Waals surface area contributed by atoms with E-state index in [0.717, 1.165) is 18.7 Å². The highest BCUT2D eigenvalue weighted by Crippen LogP contribution is 2.22. The Labute approximate surface area is 151 Å². The first-order valence-electron chi connectivity index (χ1n) is 8.64. The lowest BCUT2D eigenvalue weighted by molar-refractivity contribution is 0.0767. The van der Waals surface area contributed by atoms with Gasteiger partial charge < -0.3 is 19.0 Å². The molecule has 0 N–H and O–H groups in total. The van der Waals surface area contributed by atoms with Gasteiger partial charge in [-0.3, -0.25) is 4.79 Å². The largest absolute Gasteiger partial charge is 0.497 e. The van der Waals surface area contributed by atoms with Crippen LogP contribution in [0.2, 0.25) is 0 Å². The molecule has 1 fully saturated rings. The lowest BCUT2D eigenvalue weighted by Gasteiger charge is -2.21. The zero-order valence-electron chi connectivity index (χ0n) is 14.6. The van der Waals surface area contributed by atoms with Crippen LogP contribution in [0.3, 0.4) is 0 Å². The summed E-state index contributed by atoms with van der Waals surface area (Å²) in [7, 11) is 1.61. The lowest BCUT2D eigenvalue weighted by Crippen LogP contribution is -2.35. The molecule has 2 aromatic heterocycles. The van der Waals surface area contributed by atoms with Crippen molar-refractivity contribution in [2.45, 2.75) is 6.42 Å². The number of oxazole rings is 1. The van der Waals surface area contributed by atoms with Gasteiger partial charge in [-0.25, -0.2) is 4.98 Å². The van der Waals surface area contributed by atoms with Gasteiger partial charge in [-0.15, -0.1) is 0 Å². The zero-order chi connectivity index (χ0) is 17.9. The number of pyridine rings is 1. The maximum atomic E-state index is 12.8. The molecule has 1 aromatic carbocycles. The standard InChI is InChI=1S/C19H20N4O3/c1-25-15-7-5-14(6-8-15)18(24)22-10-3-11-23(13-12-22)19-21-17-16(26-19)4-2-9-20-17/h2,4-9H,3,10-13H2,1H3. The first-order chi connectivity index (χ1) is 12.7. The Morgan fingerprint density at radius 1 is 1.12 bits per heavy atom. The molecular formula is C19H20N4O3. The van der Waals surface area contributed by atoms with E-state index >= 15 is 0 Å². The number of hydrogen-bond donors (Lipinski definition) is 0. The summed E-state index contributed by atoms with van der Waals surface area (Å²) in [5, 5.41) is 0. The van der Waals surface area contributed by atoms with E-state index in [2.05, 4.69) is 14.9 Å². The first kappa shape index (κ1) is 16.4. The molecule has 7 nitrogen and oxygen atoms in total. The van der Waals surface area contributed by atoms with Crippen LogP contribution < -0.4 is 9.64 Å². The predicted octanol–water partition coefficient (Wildman–Crippen LogP) is 2.58. The number of amides is 1. The van der Waals surface area contributed by atoms with Gasteiger partial charge in [0.05, 0.1) is 7.11 Å². The number of benzene rings is 1. The average Bonchev–Trinajstić information content (AvgIpc) is 2.97. The minimum absolute atomic E-state index is 0.0359. The molecule has 0 atom stereocenters. The molecule has 0 unspecified atom stereocenters. The van der Waals surface area contributed by atoms with Crippen molar-refractivity contribution in [1.82, 2.24) is 14.9 Å². The van der Waals surface area contributed by atoms with Crippen molar-refractivity contribution in [3.8, 4) is 5.75 Å². The third-order valence-corrected chi connectivity index (χ3v) is 4.54. The van der Waals surface area contributed by atoms with Crippen molar-refractivity contribution in [2.75, 3.05) is 38.2 Å². The van der Waals surface area contributed by atoms with Crippen LogP contribution in [0.5, 0.6) is 5.75 Å². The molecule has 3 heterocycles. The van der Waals surface area contributed by atoms with Gasteiger partial charge in [-0.2, -0.15) is 4.98 Å². The van der Waals surface area contributed by atoms with Crippen LogP contribution in [0.4, 0.5) is 6.01 Å². The number of nitrogens with zero attached hydrogens (tertiary/aromatic N) is 4. The fourth-order valence-corrected chi connectivity index (χ4v) is 3.12. The third-order valence-electron chi connectivity index (χ3n) is 4.54. The van der Waals surface area contributed by atoms with E-state index in [1.807, 2.05) is 29.2 Å². The Bertz CT molecular complexity index is 874. The van der Waals surface area contributed by atoms with E-state index in [1.165, 1.54) is 0 Å². The molecule has 134 valence electrons. The summed E-state index contributed by atoms with van der Waals surface area (Å²) in [6.07, 6.45) is 2.56. The molecule has 26 heavy (non-hydrogen) atoms. The Balaban J connectivity index is 1.46. The van der Waals surface area contributed by atoms with E-state index in [9.17, 15) is 4.79 Å². The molecule has 1 saturated heterocycles. The first-order valence-corrected chi connectivity index (χ1v) is 8.64. The second-order valence-corrected chi connectivity index (χ2v) is 6.18. The normalized spacial score (nSPS) is 15.1. The Kier molecular flexibility index (Phi) is 4.43. The quantitative estimate of drug-likeness (QED) is 0.721. The molecule has 0 bridgehead atoms. The minimum Gasteiger partial charge on any atom is -0.497 e. The van der Waals surface area contributed by atoms with Crippen molar-refractivity contribution < 1.29 is 13.9 Å². The molecule has 7 heteroatoms. The van der Waals surface area contributed by atoms with E-state index in [1.54, 1.807) is 25.4 Å². The number of rotatable bonds is 3. The van der Waals surface area contributed by atoms with Crippen molar-refractivity contribution in [2.24, 2.45) is 0 Å². The van der Waals surface area contributed by atoms with E-state index in [4.69, 9.17) is 9.15 Å². The number of aromatic nitrogens is 2. The van der Waals surface area contributed by atoms with Gasteiger partial charge in [0.25, 0.3) is 11.9 Å².